The number of nitrogens with zero attached hydrogens (tertiary/aromatic N) is 1. The predicted molar refractivity (Wildman–Crippen MR) is 79.7 cm³/mol. The molecule has 18 heavy (non-hydrogen) atoms. The van der Waals surface area contributed by atoms with Gasteiger partial charge in [0.05, 0.1) is 17.5 Å². The van der Waals surface area contributed by atoms with Gasteiger partial charge in [-0.15, -0.1) is 11.8 Å². The van der Waals surface area contributed by atoms with Crippen LogP contribution in [0.5, 0.6) is 0 Å². The summed E-state index contributed by atoms with van der Waals surface area (Å²) in [6.45, 7) is 9.18. The third-order valence-corrected chi connectivity index (χ3v) is 5.20. The predicted octanol–water partition coefficient (Wildman–Crippen LogP) is 3.28. The second kappa shape index (κ2) is 4.78. The van der Waals surface area contributed by atoms with E-state index < -0.39 is 0 Å². The summed E-state index contributed by atoms with van der Waals surface area (Å²) in [5.41, 5.74) is 2.87. The van der Waals surface area contributed by atoms with Gasteiger partial charge in [-0.05, 0) is 24.0 Å². The van der Waals surface area contributed by atoms with Crippen LogP contribution >= 0.6 is 11.8 Å². The third kappa shape index (κ3) is 2.26. The Morgan fingerprint density at radius 1 is 1.33 bits per heavy atom. The molecule has 0 radical (unpaired) electrons. The molecule has 0 aliphatic carbocycles. The van der Waals surface area contributed by atoms with Gasteiger partial charge in [0, 0.05) is 18.0 Å². The minimum atomic E-state index is 0.145. The molecule has 2 rings (SSSR count). The largest absolute Gasteiger partial charge is 0.395 e. The van der Waals surface area contributed by atoms with Gasteiger partial charge < -0.3 is 10.0 Å². The molecule has 1 aromatic rings. The van der Waals surface area contributed by atoms with Crippen molar-refractivity contribution in [2.24, 2.45) is 0 Å². The van der Waals surface area contributed by atoms with Crippen molar-refractivity contribution in [1.82, 2.24) is 0 Å². The Kier molecular flexibility index (Phi) is 3.65. The first-order valence-electron chi connectivity index (χ1n) is 6.50. The number of aliphatic hydroxyl groups is 1. The van der Waals surface area contributed by atoms with Crippen LogP contribution < -0.4 is 4.90 Å². The monoisotopic (exact) mass is 265 g/mol. The third-order valence-electron chi connectivity index (χ3n) is 3.77. The van der Waals surface area contributed by atoms with Crippen molar-refractivity contribution in [3.8, 4) is 0 Å². The number of anilines is 1. The molecule has 1 aliphatic heterocycles. The van der Waals surface area contributed by atoms with Crippen molar-refractivity contribution < 1.29 is 5.11 Å². The summed E-state index contributed by atoms with van der Waals surface area (Å²) in [4.78, 5) is 3.62. The van der Waals surface area contributed by atoms with E-state index in [1.807, 2.05) is 11.8 Å². The second-order valence-electron chi connectivity index (χ2n) is 6.09. The molecule has 1 aliphatic rings. The number of hydrogen-bond acceptors (Lipinski definition) is 3. The Morgan fingerprint density at radius 2 is 2.00 bits per heavy atom. The van der Waals surface area contributed by atoms with Crippen molar-refractivity contribution in [3.05, 3.63) is 23.8 Å². The molecule has 3 heteroatoms. The first-order valence-corrected chi connectivity index (χ1v) is 7.38. The molecule has 2 unspecified atom stereocenters. The van der Waals surface area contributed by atoms with E-state index in [1.54, 1.807) is 0 Å². The maximum atomic E-state index is 9.49. The van der Waals surface area contributed by atoms with Crippen molar-refractivity contribution in [1.29, 1.82) is 0 Å². The van der Waals surface area contributed by atoms with E-state index in [4.69, 9.17) is 0 Å². The summed E-state index contributed by atoms with van der Waals surface area (Å²) in [5, 5.41) is 9.75. The van der Waals surface area contributed by atoms with Gasteiger partial charge in [0.25, 0.3) is 0 Å². The first kappa shape index (κ1) is 13.8. The highest BCUT2D eigenvalue weighted by Gasteiger charge is 2.33. The summed E-state index contributed by atoms with van der Waals surface area (Å²) < 4.78 is 0. The fraction of sp³-hybridized carbons (Fsp3) is 0.600. The van der Waals surface area contributed by atoms with Gasteiger partial charge in [-0.25, -0.2) is 0 Å². The van der Waals surface area contributed by atoms with E-state index in [-0.39, 0.29) is 17.3 Å². The number of fused-ring (bicyclic) bond motifs is 1. The molecular weight excluding hydrogens is 242 g/mol. The topological polar surface area (TPSA) is 23.5 Å². The number of aliphatic hydroxyl groups excluding tert-OH is 1. The summed E-state index contributed by atoms with van der Waals surface area (Å²) in [7, 11) is 2.14. The van der Waals surface area contributed by atoms with Crippen LogP contribution in [0.4, 0.5) is 5.69 Å². The fourth-order valence-corrected chi connectivity index (χ4v) is 3.79. The Morgan fingerprint density at radius 3 is 2.56 bits per heavy atom. The summed E-state index contributed by atoms with van der Waals surface area (Å²) in [6, 6.07) is 6.88. The Bertz CT molecular complexity index is 439. The van der Waals surface area contributed by atoms with Gasteiger partial charge >= 0.3 is 0 Å². The average Bonchev–Trinajstić information content (AvgIpc) is 2.31. The van der Waals surface area contributed by atoms with E-state index >= 15 is 0 Å². The fourth-order valence-electron chi connectivity index (χ4n) is 2.49. The van der Waals surface area contributed by atoms with E-state index in [0.717, 1.165) is 0 Å². The maximum Gasteiger partial charge on any atom is 0.0573 e. The lowest BCUT2D eigenvalue weighted by Gasteiger charge is -2.41. The number of benzene rings is 1. The van der Waals surface area contributed by atoms with Gasteiger partial charge in [0.1, 0.15) is 0 Å². The lowest BCUT2D eigenvalue weighted by atomic mass is 9.85. The highest BCUT2D eigenvalue weighted by molar-refractivity contribution is 8.00. The summed E-state index contributed by atoms with van der Waals surface area (Å²) in [5.74, 6) is 0. The second-order valence-corrected chi connectivity index (χ2v) is 7.37. The van der Waals surface area contributed by atoms with Crippen LogP contribution in [0.1, 0.15) is 33.3 Å². The van der Waals surface area contributed by atoms with Crippen LogP contribution in [-0.4, -0.2) is 30.1 Å². The summed E-state index contributed by atoms with van der Waals surface area (Å²) >= 11 is 1.81. The zero-order valence-electron chi connectivity index (χ0n) is 11.9. The number of hydrogen-bond donors (Lipinski definition) is 1. The van der Waals surface area contributed by atoms with Crippen molar-refractivity contribution in [2.75, 3.05) is 18.6 Å². The molecule has 1 N–H and O–H groups in total. The molecule has 0 aromatic heterocycles. The average molecular weight is 265 g/mol. The zero-order chi connectivity index (χ0) is 13.5. The van der Waals surface area contributed by atoms with Crippen LogP contribution in [0.2, 0.25) is 0 Å². The van der Waals surface area contributed by atoms with Gasteiger partial charge in [-0.1, -0.05) is 32.9 Å². The van der Waals surface area contributed by atoms with Crippen LogP contribution in [-0.2, 0) is 5.41 Å². The molecule has 2 nitrogen and oxygen atoms in total. The normalized spacial score (nSPS) is 24.0. The molecule has 0 amide bonds. The molecule has 0 saturated heterocycles. The first-order chi connectivity index (χ1) is 8.36. The van der Waals surface area contributed by atoms with E-state index in [1.165, 1.54) is 16.1 Å². The lowest BCUT2D eigenvalue weighted by Crippen LogP contribution is -2.43. The Hall–Kier alpha value is -0.670. The van der Waals surface area contributed by atoms with Gasteiger partial charge in [-0.3, -0.25) is 0 Å². The Balaban J connectivity index is 2.54. The van der Waals surface area contributed by atoms with E-state index in [0.29, 0.717) is 6.04 Å². The molecule has 0 fully saturated rings. The van der Waals surface area contributed by atoms with Crippen LogP contribution in [0, 0.1) is 0 Å². The molecule has 2 atom stereocenters. The van der Waals surface area contributed by atoms with Crippen molar-refractivity contribution in [2.45, 2.75) is 49.3 Å². The van der Waals surface area contributed by atoms with Crippen molar-refractivity contribution >= 4 is 17.4 Å². The Labute approximate surface area is 114 Å². The van der Waals surface area contributed by atoms with E-state index in [9.17, 15) is 5.11 Å². The molecule has 0 bridgehead atoms. The minimum absolute atomic E-state index is 0.145. The van der Waals surface area contributed by atoms with Crippen LogP contribution in [0.25, 0.3) is 0 Å². The van der Waals surface area contributed by atoms with Gasteiger partial charge in [0.15, 0.2) is 0 Å². The van der Waals surface area contributed by atoms with E-state index in [2.05, 4.69) is 57.8 Å². The molecule has 1 aromatic carbocycles. The number of para-hydroxylation sites is 1. The standard InChI is InChI=1S/C15H23NOS/c1-10-13(9-17)18-12-8-6-7-11(15(2,3)4)14(12)16(10)5/h6-8,10,13,17H,9H2,1-5H3. The zero-order valence-corrected chi connectivity index (χ0v) is 12.7. The smallest absolute Gasteiger partial charge is 0.0573 e. The SMILES string of the molecule is CC1C(CO)Sc2cccc(C(C)(C)C)c2N1C. The maximum absolute atomic E-state index is 9.49. The molecule has 100 valence electrons. The molecule has 0 spiro atoms. The molecule has 1 heterocycles. The molecule has 0 saturated carbocycles. The lowest BCUT2D eigenvalue weighted by molar-refractivity contribution is 0.282. The van der Waals surface area contributed by atoms with Crippen LogP contribution in [0.3, 0.4) is 0 Å². The van der Waals surface area contributed by atoms with Crippen LogP contribution in [0.15, 0.2) is 23.1 Å². The highest BCUT2D eigenvalue weighted by atomic mass is 32.2. The van der Waals surface area contributed by atoms with Crippen molar-refractivity contribution in [3.63, 3.8) is 0 Å². The van der Waals surface area contributed by atoms with Gasteiger partial charge in [-0.2, -0.15) is 0 Å². The molecular formula is C15H23NOS. The quantitative estimate of drug-likeness (QED) is 0.843. The highest BCUT2D eigenvalue weighted by Crippen LogP contribution is 2.45. The summed E-state index contributed by atoms with van der Waals surface area (Å²) in [6.07, 6.45) is 0. The minimum Gasteiger partial charge on any atom is -0.395 e. The van der Waals surface area contributed by atoms with Gasteiger partial charge in [0.2, 0.25) is 0 Å². The number of thioether (sulfide) groups is 1. The number of rotatable bonds is 1.